The molecule has 4 rings (SSSR count). The lowest BCUT2D eigenvalue weighted by Crippen LogP contribution is -2.33. The highest BCUT2D eigenvalue weighted by Gasteiger charge is 2.28. The molecular weight excluding hydrogens is 354 g/mol. The van der Waals surface area contributed by atoms with Crippen molar-refractivity contribution in [3.63, 3.8) is 0 Å². The summed E-state index contributed by atoms with van der Waals surface area (Å²) >= 11 is 0. The number of nitrogens with one attached hydrogen (secondary N) is 1. The summed E-state index contributed by atoms with van der Waals surface area (Å²) in [5.41, 5.74) is 4.78. The summed E-state index contributed by atoms with van der Waals surface area (Å²) in [4.78, 5) is 10.3. The number of H-pyrrole nitrogens is 1. The van der Waals surface area contributed by atoms with Gasteiger partial charge in [-0.3, -0.25) is 4.90 Å². The summed E-state index contributed by atoms with van der Waals surface area (Å²) in [5.74, 6) is 1.87. The van der Waals surface area contributed by atoms with Crippen LogP contribution < -0.4 is 9.47 Å². The van der Waals surface area contributed by atoms with Gasteiger partial charge in [0.05, 0.1) is 31.4 Å². The van der Waals surface area contributed by atoms with Gasteiger partial charge in [0.2, 0.25) is 0 Å². The van der Waals surface area contributed by atoms with E-state index in [1.54, 1.807) is 13.4 Å². The van der Waals surface area contributed by atoms with E-state index in [1.165, 1.54) is 16.8 Å². The van der Waals surface area contributed by atoms with Crippen molar-refractivity contribution in [2.24, 2.45) is 0 Å². The highest BCUT2D eigenvalue weighted by molar-refractivity contribution is 5.37. The number of rotatable bonds is 7. The first-order chi connectivity index (χ1) is 13.8. The molecule has 0 saturated heterocycles. The molecule has 6 heteroatoms. The predicted octanol–water partition coefficient (Wildman–Crippen LogP) is 2.94. The van der Waals surface area contributed by atoms with Crippen LogP contribution in [0.4, 0.5) is 0 Å². The Hall–Kier alpha value is -2.83. The average Bonchev–Trinajstić information content (AvgIpc) is 3.21. The molecule has 0 fully saturated rings. The topological polar surface area (TPSA) is 70.6 Å². The monoisotopic (exact) mass is 379 g/mol. The Kier molecular flexibility index (Phi) is 5.60. The van der Waals surface area contributed by atoms with E-state index in [2.05, 4.69) is 39.1 Å². The van der Waals surface area contributed by atoms with Gasteiger partial charge in [0, 0.05) is 25.6 Å². The van der Waals surface area contributed by atoms with Gasteiger partial charge in [-0.25, -0.2) is 4.98 Å². The minimum absolute atomic E-state index is 0.0226. The summed E-state index contributed by atoms with van der Waals surface area (Å²) in [5, 5.41) is 8.86. The minimum atomic E-state index is 0.0226. The fourth-order valence-corrected chi connectivity index (χ4v) is 3.72. The van der Waals surface area contributed by atoms with Crippen molar-refractivity contribution >= 4 is 0 Å². The molecule has 2 heterocycles. The second-order valence-electron chi connectivity index (χ2n) is 6.98. The normalized spacial score (nSPS) is 16.6. The van der Waals surface area contributed by atoms with E-state index < -0.39 is 0 Å². The van der Waals surface area contributed by atoms with Gasteiger partial charge >= 0.3 is 0 Å². The van der Waals surface area contributed by atoms with Crippen LogP contribution in [0.25, 0.3) is 0 Å². The summed E-state index contributed by atoms with van der Waals surface area (Å²) in [6, 6.07) is 16.3. The van der Waals surface area contributed by atoms with Crippen molar-refractivity contribution in [1.29, 1.82) is 0 Å². The van der Waals surface area contributed by atoms with Crippen molar-refractivity contribution in [2.75, 3.05) is 26.9 Å². The first-order valence-electron chi connectivity index (χ1n) is 9.48. The Bertz CT molecular complexity index is 890. The zero-order valence-electron chi connectivity index (χ0n) is 16.0. The van der Waals surface area contributed by atoms with Gasteiger partial charge in [0.25, 0.3) is 0 Å². The number of fused-ring (bicyclic) bond motifs is 1. The SMILES string of the molecule is COc1ccc(C2CN(Cc3ccc(OCCO)cc3)Cc3[nH]cnc32)cc1. The molecule has 1 unspecified atom stereocenters. The summed E-state index contributed by atoms with van der Waals surface area (Å²) in [6.45, 7) is 2.95. The van der Waals surface area contributed by atoms with Crippen LogP contribution in [0, 0.1) is 0 Å². The van der Waals surface area contributed by atoms with E-state index in [0.717, 1.165) is 36.8 Å². The Labute approximate surface area is 164 Å². The van der Waals surface area contributed by atoms with Crippen LogP contribution in [0.2, 0.25) is 0 Å². The maximum Gasteiger partial charge on any atom is 0.119 e. The number of aliphatic hydroxyl groups is 1. The maximum absolute atomic E-state index is 8.86. The highest BCUT2D eigenvalue weighted by Crippen LogP contribution is 2.33. The molecule has 1 aliphatic rings. The van der Waals surface area contributed by atoms with Crippen LogP contribution in [0.15, 0.2) is 54.9 Å². The molecule has 2 N–H and O–H groups in total. The minimum Gasteiger partial charge on any atom is -0.497 e. The zero-order valence-corrected chi connectivity index (χ0v) is 16.0. The number of ether oxygens (including phenoxy) is 2. The van der Waals surface area contributed by atoms with Gasteiger partial charge in [0.15, 0.2) is 0 Å². The molecule has 2 aromatic carbocycles. The number of imidazole rings is 1. The van der Waals surface area contributed by atoms with Crippen LogP contribution in [-0.4, -0.2) is 46.8 Å². The number of aromatic nitrogens is 2. The molecule has 0 saturated carbocycles. The third-order valence-corrected chi connectivity index (χ3v) is 5.11. The second-order valence-corrected chi connectivity index (χ2v) is 6.98. The lowest BCUT2D eigenvalue weighted by molar-refractivity contribution is 0.201. The van der Waals surface area contributed by atoms with Crippen LogP contribution in [0.1, 0.15) is 28.4 Å². The first-order valence-corrected chi connectivity index (χ1v) is 9.48. The number of nitrogens with zero attached hydrogens (tertiary/aromatic N) is 2. The van der Waals surface area contributed by atoms with Crippen LogP contribution in [0.5, 0.6) is 11.5 Å². The van der Waals surface area contributed by atoms with E-state index in [9.17, 15) is 0 Å². The zero-order chi connectivity index (χ0) is 19.3. The quantitative estimate of drug-likeness (QED) is 0.661. The fraction of sp³-hybridized carbons (Fsp3) is 0.318. The Balaban J connectivity index is 1.50. The number of benzene rings is 2. The number of aliphatic hydroxyl groups excluding tert-OH is 1. The van der Waals surface area contributed by atoms with Crippen molar-refractivity contribution in [3.05, 3.63) is 77.4 Å². The molecule has 0 radical (unpaired) electrons. The van der Waals surface area contributed by atoms with Crippen molar-refractivity contribution in [2.45, 2.75) is 19.0 Å². The molecule has 1 aromatic heterocycles. The molecule has 28 heavy (non-hydrogen) atoms. The molecule has 0 bridgehead atoms. The highest BCUT2D eigenvalue weighted by atomic mass is 16.5. The second kappa shape index (κ2) is 8.46. The maximum atomic E-state index is 8.86. The first kappa shape index (κ1) is 18.5. The van der Waals surface area contributed by atoms with Crippen LogP contribution >= 0.6 is 0 Å². The standard InChI is InChI=1S/C22H25N3O3/c1-27-18-8-4-17(5-9-18)20-13-25(14-21-22(20)24-15-23-21)12-16-2-6-19(7-3-16)28-11-10-26/h2-9,15,20,26H,10-14H2,1H3,(H,23,24). The lowest BCUT2D eigenvalue weighted by atomic mass is 9.90. The van der Waals surface area contributed by atoms with E-state index in [-0.39, 0.29) is 12.5 Å². The Morgan fingerprint density at radius 1 is 1.11 bits per heavy atom. The van der Waals surface area contributed by atoms with Crippen LogP contribution in [0.3, 0.4) is 0 Å². The van der Waals surface area contributed by atoms with Crippen molar-refractivity contribution < 1.29 is 14.6 Å². The average molecular weight is 379 g/mol. The largest absolute Gasteiger partial charge is 0.497 e. The molecule has 3 aromatic rings. The Morgan fingerprint density at radius 2 is 1.86 bits per heavy atom. The van der Waals surface area contributed by atoms with E-state index in [0.29, 0.717) is 6.61 Å². The third-order valence-electron chi connectivity index (χ3n) is 5.11. The van der Waals surface area contributed by atoms with E-state index in [1.807, 2.05) is 24.3 Å². The molecule has 6 nitrogen and oxygen atoms in total. The van der Waals surface area contributed by atoms with Gasteiger partial charge in [-0.15, -0.1) is 0 Å². The molecule has 146 valence electrons. The van der Waals surface area contributed by atoms with Gasteiger partial charge in [0.1, 0.15) is 18.1 Å². The van der Waals surface area contributed by atoms with Crippen molar-refractivity contribution in [1.82, 2.24) is 14.9 Å². The smallest absolute Gasteiger partial charge is 0.119 e. The van der Waals surface area contributed by atoms with Gasteiger partial charge in [-0.2, -0.15) is 0 Å². The predicted molar refractivity (Wildman–Crippen MR) is 107 cm³/mol. The third kappa shape index (κ3) is 4.03. The lowest BCUT2D eigenvalue weighted by Gasteiger charge is -2.32. The Morgan fingerprint density at radius 3 is 2.57 bits per heavy atom. The number of methoxy groups -OCH3 is 1. The molecule has 0 spiro atoms. The molecule has 1 aliphatic heterocycles. The number of hydrogen-bond donors (Lipinski definition) is 2. The molecule has 0 aliphatic carbocycles. The number of hydrogen-bond acceptors (Lipinski definition) is 5. The fourth-order valence-electron chi connectivity index (χ4n) is 3.72. The summed E-state index contributed by atoms with van der Waals surface area (Å²) < 4.78 is 10.7. The van der Waals surface area contributed by atoms with Gasteiger partial charge in [-0.05, 0) is 35.4 Å². The summed E-state index contributed by atoms with van der Waals surface area (Å²) in [7, 11) is 1.68. The van der Waals surface area contributed by atoms with Crippen molar-refractivity contribution in [3.8, 4) is 11.5 Å². The molecular formula is C22H25N3O3. The van der Waals surface area contributed by atoms with Crippen LogP contribution in [-0.2, 0) is 13.1 Å². The number of aromatic amines is 1. The van der Waals surface area contributed by atoms with Gasteiger partial charge in [-0.1, -0.05) is 24.3 Å². The van der Waals surface area contributed by atoms with Gasteiger partial charge < -0.3 is 19.6 Å². The van der Waals surface area contributed by atoms with E-state index in [4.69, 9.17) is 14.6 Å². The molecule has 1 atom stereocenters. The van der Waals surface area contributed by atoms with E-state index >= 15 is 0 Å². The summed E-state index contributed by atoms with van der Waals surface area (Å²) in [6.07, 6.45) is 1.79. The molecule has 0 amide bonds.